The fourth-order valence-corrected chi connectivity index (χ4v) is 3.61. The molecule has 2 unspecified atom stereocenters. The zero-order valence-electron chi connectivity index (χ0n) is 12.1. The summed E-state index contributed by atoms with van der Waals surface area (Å²) in [5, 5.41) is 9.84. The Hall–Kier alpha value is -0.120. The van der Waals surface area contributed by atoms with E-state index in [0.29, 0.717) is 5.92 Å². The maximum atomic E-state index is 9.84. The van der Waals surface area contributed by atoms with E-state index in [1.165, 1.54) is 58.3 Å². The Kier molecular flexibility index (Phi) is 5.46. The van der Waals surface area contributed by atoms with Crippen molar-refractivity contribution in [1.82, 2.24) is 9.80 Å². The molecule has 1 aliphatic heterocycles. The number of aliphatic hydroxyl groups is 1. The zero-order valence-corrected chi connectivity index (χ0v) is 12.1. The van der Waals surface area contributed by atoms with Crippen LogP contribution in [0.25, 0.3) is 0 Å². The maximum Gasteiger partial charge on any atom is 0.0568 e. The molecule has 1 N–H and O–H groups in total. The van der Waals surface area contributed by atoms with E-state index in [1.807, 2.05) is 0 Å². The third kappa shape index (κ3) is 4.22. The second-order valence-electron chi connectivity index (χ2n) is 6.59. The fraction of sp³-hybridized carbons (Fsp3) is 1.00. The summed E-state index contributed by atoms with van der Waals surface area (Å²) in [7, 11) is 4.35. The standard InChI is InChI=1S/C15H30N2O/c1-16(2)12-13-6-9-17(10-7-13)11-8-14-4-3-5-15(14)18/h13-15,18H,3-12H2,1-2H3. The minimum atomic E-state index is -0.00344. The first kappa shape index (κ1) is 14.3. The van der Waals surface area contributed by atoms with E-state index in [0.717, 1.165) is 12.3 Å². The first-order chi connectivity index (χ1) is 8.65. The number of hydrogen-bond donors (Lipinski definition) is 1. The van der Waals surface area contributed by atoms with Crippen LogP contribution in [0.3, 0.4) is 0 Å². The molecule has 0 amide bonds. The van der Waals surface area contributed by atoms with E-state index in [4.69, 9.17) is 0 Å². The smallest absolute Gasteiger partial charge is 0.0568 e. The van der Waals surface area contributed by atoms with Crippen LogP contribution in [0.1, 0.15) is 38.5 Å². The van der Waals surface area contributed by atoms with E-state index < -0.39 is 0 Å². The van der Waals surface area contributed by atoms with Crippen molar-refractivity contribution >= 4 is 0 Å². The molecule has 2 rings (SSSR count). The normalized spacial score (nSPS) is 31.3. The molecule has 0 spiro atoms. The molecule has 3 nitrogen and oxygen atoms in total. The molecule has 18 heavy (non-hydrogen) atoms. The summed E-state index contributed by atoms with van der Waals surface area (Å²) < 4.78 is 0. The van der Waals surface area contributed by atoms with Gasteiger partial charge >= 0.3 is 0 Å². The Morgan fingerprint density at radius 1 is 1.11 bits per heavy atom. The lowest BCUT2D eigenvalue weighted by Crippen LogP contribution is -2.38. The van der Waals surface area contributed by atoms with Crippen LogP contribution in [-0.2, 0) is 0 Å². The molecule has 2 aliphatic rings. The number of nitrogens with zero attached hydrogens (tertiary/aromatic N) is 2. The summed E-state index contributed by atoms with van der Waals surface area (Å²) >= 11 is 0. The van der Waals surface area contributed by atoms with Gasteiger partial charge in [-0.25, -0.2) is 0 Å². The minimum absolute atomic E-state index is 0.00344. The molecule has 0 aromatic rings. The second kappa shape index (κ2) is 6.88. The van der Waals surface area contributed by atoms with Gasteiger partial charge in [-0.1, -0.05) is 6.42 Å². The van der Waals surface area contributed by atoms with Crippen molar-refractivity contribution in [1.29, 1.82) is 0 Å². The Labute approximate surface area is 112 Å². The van der Waals surface area contributed by atoms with Crippen molar-refractivity contribution < 1.29 is 5.11 Å². The van der Waals surface area contributed by atoms with Crippen molar-refractivity contribution in [2.75, 3.05) is 40.3 Å². The predicted octanol–water partition coefficient (Wildman–Crippen LogP) is 1.81. The lowest BCUT2D eigenvalue weighted by atomic mass is 9.95. The highest BCUT2D eigenvalue weighted by atomic mass is 16.3. The molecule has 1 saturated heterocycles. The van der Waals surface area contributed by atoms with Crippen LogP contribution in [0.4, 0.5) is 0 Å². The monoisotopic (exact) mass is 254 g/mol. The largest absolute Gasteiger partial charge is 0.393 e. The minimum Gasteiger partial charge on any atom is -0.393 e. The van der Waals surface area contributed by atoms with Gasteiger partial charge in [0.05, 0.1) is 6.10 Å². The first-order valence-electron chi connectivity index (χ1n) is 7.70. The molecule has 106 valence electrons. The summed E-state index contributed by atoms with van der Waals surface area (Å²) in [4.78, 5) is 4.92. The Balaban J connectivity index is 1.61. The SMILES string of the molecule is CN(C)CC1CCN(CCC2CCCC2O)CC1. The number of aliphatic hydroxyl groups excluding tert-OH is 1. The van der Waals surface area contributed by atoms with Crippen LogP contribution >= 0.6 is 0 Å². The molecule has 0 aromatic heterocycles. The van der Waals surface area contributed by atoms with Gasteiger partial charge in [-0.3, -0.25) is 0 Å². The molecule has 0 aromatic carbocycles. The molecule has 2 fully saturated rings. The van der Waals surface area contributed by atoms with Gasteiger partial charge in [0.15, 0.2) is 0 Å². The third-order valence-corrected chi connectivity index (χ3v) is 4.77. The van der Waals surface area contributed by atoms with Crippen LogP contribution in [0.2, 0.25) is 0 Å². The first-order valence-corrected chi connectivity index (χ1v) is 7.70. The third-order valence-electron chi connectivity index (χ3n) is 4.77. The molecule has 2 atom stereocenters. The highest BCUT2D eigenvalue weighted by Crippen LogP contribution is 2.29. The summed E-state index contributed by atoms with van der Waals surface area (Å²) in [5.41, 5.74) is 0. The van der Waals surface area contributed by atoms with Crippen LogP contribution in [0.5, 0.6) is 0 Å². The van der Waals surface area contributed by atoms with Crippen molar-refractivity contribution in [3.63, 3.8) is 0 Å². The fourth-order valence-electron chi connectivity index (χ4n) is 3.61. The summed E-state index contributed by atoms with van der Waals surface area (Å²) in [6.07, 6.45) is 7.43. The predicted molar refractivity (Wildman–Crippen MR) is 75.7 cm³/mol. The van der Waals surface area contributed by atoms with Gasteiger partial charge in [0.1, 0.15) is 0 Å². The van der Waals surface area contributed by atoms with Gasteiger partial charge in [0, 0.05) is 6.54 Å². The highest BCUT2D eigenvalue weighted by Gasteiger charge is 2.26. The van der Waals surface area contributed by atoms with Gasteiger partial charge in [-0.2, -0.15) is 0 Å². The van der Waals surface area contributed by atoms with Gasteiger partial charge in [0.2, 0.25) is 0 Å². The quantitative estimate of drug-likeness (QED) is 0.810. The van der Waals surface area contributed by atoms with Crippen LogP contribution < -0.4 is 0 Å². The molecule has 1 heterocycles. The molecule has 0 bridgehead atoms. The van der Waals surface area contributed by atoms with Gasteiger partial charge in [-0.05, 0) is 77.7 Å². The maximum absolute atomic E-state index is 9.84. The molecule has 0 radical (unpaired) electrons. The van der Waals surface area contributed by atoms with Gasteiger partial charge < -0.3 is 14.9 Å². The lowest BCUT2D eigenvalue weighted by Gasteiger charge is -2.33. The number of hydrogen-bond acceptors (Lipinski definition) is 3. The Morgan fingerprint density at radius 2 is 1.83 bits per heavy atom. The van der Waals surface area contributed by atoms with E-state index in [1.54, 1.807) is 0 Å². The van der Waals surface area contributed by atoms with E-state index in [9.17, 15) is 5.11 Å². The zero-order chi connectivity index (χ0) is 13.0. The van der Waals surface area contributed by atoms with Crippen LogP contribution in [-0.4, -0.2) is 61.3 Å². The lowest BCUT2D eigenvalue weighted by molar-refractivity contribution is 0.107. The average Bonchev–Trinajstić information content (AvgIpc) is 2.73. The Bertz CT molecular complexity index is 237. The summed E-state index contributed by atoms with van der Waals surface area (Å²) in [6.45, 7) is 4.98. The van der Waals surface area contributed by atoms with Gasteiger partial charge in [0.25, 0.3) is 0 Å². The summed E-state index contributed by atoms with van der Waals surface area (Å²) in [6, 6.07) is 0. The second-order valence-corrected chi connectivity index (χ2v) is 6.59. The van der Waals surface area contributed by atoms with Crippen molar-refractivity contribution in [2.45, 2.75) is 44.6 Å². The van der Waals surface area contributed by atoms with E-state index in [-0.39, 0.29) is 6.10 Å². The van der Waals surface area contributed by atoms with Crippen LogP contribution in [0, 0.1) is 11.8 Å². The van der Waals surface area contributed by atoms with Crippen molar-refractivity contribution in [2.24, 2.45) is 11.8 Å². The molecule has 1 saturated carbocycles. The number of rotatable bonds is 5. The average molecular weight is 254 g/mol. The van der Waals surface area contributed by atoms with Crippen molar-refractivity contribution in [3.8, 4) is 0 Å². The van der Waals surface area contributed by atoms with E-state index >= 15 is 0 Å². The Morgan fingerprint density at radius 3 is 2.39 bits per heavy atom. The van der Waals surface area contributed by atoms with E-state index in [2.05, 4.69) is 23.9 Å². The van der Waals surface area contributed by atoms with Crippen LogP contribution in [0.15, 0.2) is 0 Å². The summed E-state index contributed by atoms with van der Waals surface area (Å²) in [5.74, 6) is 1.48. The topological polar surface area (TPSA) is 26.7 Å². The molecule has 1 aliphatic carbocycles. The number of piperidine rings is 1. The molecular formula is C15H30N2O. The molecule has 3 heteroatoms. The van der Waals surface area contributed by atoms with Gasteiger partial charge in [-0.15, -0.1) is 0 Å². The highest BCUT2D eigenvalue weighted by molar-refractivity contribution is 4.79. The van der Waals surface area contributed by atoms with Crippen molar-refractivity contribution in [3.05, 3.63) is 0 Å². The molecular weight excluding hydrogens is 224 g/mol. The number of likely N-dealkylation sites (tertiary alicyclic amines) is 1.